The molecule has 0 amide bonds. The van der Waals surface area contributed by atoms with Gasteiger partial charge in [-0.1, -0.05) is 41.6 Å². The van der Waals surface area contributed by atoms with Crippen LogP contribution < -0.4 is 0 Å². The van der Waals surface area contributed by atoms with Crippen molar-refractivity contribution >= 4 is 23.4 Å². The minimum Gasteiger partial charge on any atom is -0.304 e. The highest BCUT2D eigenvalue weighted by Gasteiger charge is 2.13. The molecule has 2 nitrogen and oxygen atoms in total. The molecule has 24 heavy (non-hydrogen) atoms. The molecule has 0 spiro atoms. The fourth-order valence-corrected chi connectivity index (χ4v) is 4.10. The van der Waals surface area contributed by atoms with Crippen molar-refractivity contribution in [2.75, 3.05) is 39.8 Å². The predicted octanol–water partition coefficient (Wildman–Crippen LogP) is 4.67. The van der Waals surface area contributed by atoms with Gasteiger partial charge in [0.2, 0.25) is 0 Å². The molecule has 0 radical (unpaired) electrons. The van der Waals surface area contributed by atoms with Gasteiger partial charge in [0.1, 0.15) is 0 Å². The summed E-state index contributed by atoms with van der Waals surface area (Å²) in [5.41, 5.74) is 1.45. The topological polar surface area (TPSA) is 6.48 Å². The van der Waals surface area contributed by atoms with E-state index in [0.717, 1.165) is 11.4 Å². The van der Waals surface area contributed by atoms with Crippen molar-refractivity contribution in [3.63, 3.8) is 0 Å². The Morgan fingerprint density at radius 2 is 1.67 bits per heavy atom. The van der Waals surface area contributed by atoms with E-state index in [9.17, 15) is 0 Å². The summed E-state index contributed by atoms with van der Waals surface area (Å²) in [6, 6.07) is 16.9. The van der Waals surface area contributed by atoms with Crippen LogP contribution in [0.2, 0.25) is 5.02 Å². The van der Waals surface area contributed by atoms with Gasteiger partial charge in [0, 0.05) is 41.0 Å². The monoisotopic (exact) mass is 360 g/mol. The number of aryl methyl sites for hydroxylation is 1. The average molecular weight is 361 g/mol. The average Bonchev–Trinajstić information content (AvgIpc) is 2.60. The van der Waals surface area contributed by atoms with Gasteiger partial charge in [-0.3, -0.25) is 0 Å². The van der Waals surface area contributed by atoms with E-state index in [4.69, 9.17) is 11.6 Å². The molecule has 0 bridgehead atoms. The second-order valence-corrected chi connectivity index (χ2v) is 7.96. The number of halogens is 1. The van der Waals surface area contributed by atoms with Crippen LogP contribution in [0.25, 0.3) is 0 Å². The Morgan fingerprint density at radius 3 is 2.42 bits per heavy atom. The van der Waals surface area contributed by atoms with Gasteiger partial charge in [-0.15, -0.1) is 0 Å². The van der Waals surface area contributed by atoms with Crippen LogP contribution in [0.5, 0.6) is 0 Å². The molecule has 0 N–H and O–H groups in total. The van der Waals surface area contributed by atoms with Crippen LogP contribution in [0.4, 0.5) is 0 Å². The number of likely N-dealkylation sites (N-methyl/N-ethyl adjacent to an activating group) is 1. The smallest absolute Gasteiger partial charge is 0.0406 e. The first kappa shape index (κ1) is 17.8. The fraction of sp³-hybridized carbons (Fsp3) is 0.400. The number of hydrogen-bond acceptors (Lipinski definition) is 3. The minimum atomic E-state index is 0.791. The number of piperazine rings is 1. The summed E-state index contributed by atoms with van der Waals surface area (Å²) in [6.07, 6.45) is 2.37. The van der Waals surface area contributed by atoms with E-state index in [-0.39, 0.29) is 0 Å². The van der Waals surface area contributed by atoms with Crippen LogP contribution >= 0.6 is 23.4 Å². The van der Waals surface area contributed by atoms with Crippen molar-refractivity contribution in [2.24, 2.45) is 0 Å². The molecule has 2 aromatic rings. The zero-order chi connectivity index (χ0) is 16.8. The molecule has 3 rings (SSSR count). The number of benzene rings is 2. The maximum absolute atomic E-state index is 5.98. The van der Waals surface area contributed by atoms with Gasteiger partial charge in [-0.2, -0.15) is 0 Å². The van der Waals surface area contributed by atoms with E-state index in [0.29, 0.717) is 0 Å². The summed E-state index contributed by atoms with van der Waals surface area (Å²) < 4.78 is 0. The number of hydrogen-bond donors (Lipinski definition) is 0. The first-order valence-corrected chi connectivity index (χ1v) is 9.82. The third-order valence-corrected chi connectivity index (χ3v) is 5.91. The van der Waals surface area contributed by atoms with Gasteiger partial charge in [0.05, 0.1) is 0 Å². The number of rotatable bonds is 6. The van der Waals surface area contributed by atoms with Crippen molar-refractivity contribution in [2.45, 2.75) is 22.6 Å². The van der Waals surface area contributed by atoms with Gasteiger partial charge < -0.3 is 9.80 Å². The molecule has 2 aromatic carbocycles. The third kappa shape index (κ3) is 5.25. The summed E-state index contributed by atoms with van der Waals surface area (Å²) in [5, 5.41) is 0.791. The van der Waals surface area contributed by atoms with Crippen molar-refractivity contribution < 1.29 is 0 Å². The van der Waals surface area contributed by atoms with Gasteiger partial charge >= 0.3 is 0 Å². The van der Waals surface area contributed by atoms with Gasteiger partial charge in [-0.25, -0.2) is 0 Å². The quantitative estimate of drug-likeness (QED) is 0.739. The lowest BCUT2D eigenvalue weighted by Crippen LogP contribution is -2.44. The molecule has 0 atom stereocenters. The van der Waals surface area contributed by atoms with Crippen LogP contribution in [-0.4, -0.2) is 49.6 Å². The van der Waals surface area contributed by atoms with Gasteiger partial charge in [-0.05, 0) is 62.3 Å². The molecule has 1 aliphatic heterocycles. The summed E-state index contributed by atoms with van der Waals surface area (Å²) in [7, 11) is 2.21. The SMILES string of the molecule is CN1CCN(CCCc2ccccc2Sc2ccc(Cl)cc2)CC1. The van der Waals surface area contributed by atoms with Crippen LogP contribution in [0.1, 0.15) is 12.0 Å². The summed E-state index contributed by atoms with van der Waals surface area (Å²) in [5.74, 6) is 0. The van der Waals surface area contributed by atoms with Crippen molar-refractivity contribution in [1.82, 2.24) is 9.80 Å². The molecule has 1 fully saturated rings. The van der Waals surface area contributed by atoms with Crippen LogP contribution in [-0.2, 0) is 6.42 Å². The molecule has 1 saturated heterocycles. The molecule has 1 heterocycles. The van der Waals surface area contributed by atoms with E-state index >= 15 is 0 Å². The first-order valence-electron chi connectivity index (χ1n) is 8.63. The molecule has 0 aromatic heterocycles. The molecule has 0 aliphatic carbocycles. The van der Waals surface area contributed by atoms with E-state index in [2.05, 4.69) is 53.2 Å². The minimum absolute atomic E-state index is 0.791. The second kappa shape index (κ2) is 8.91. The summed E-state index contributed by atoms with van der Waals surface area (Å²) >= 11 is 7.81. The highest BCUT2D eigenvalue weighted by Crippen LogP contribution is 2.31. The Kier molecular flexibility index (Phi) is 6.61. The Balaban J connectivity index is 1.55. The van der Waals surface area contributed by atoms with E-state index in [1.807, 2.05) is 23.9 Å². The molecule has 1 aliphatic rings. The van der Waals surface area contributed by atoms with Crippen LogP contribution in [0, 0.1) is 0 Å². The lowest BCUT2D eigenvalue weighted by Gasteiger charge is -2.32. The molecule has 0 unspecified atom stereocenters. The van der Waals surface area contributed by atoms with E-state index < -0.39 is 0 Å². The third-order valence-electron chi connectivity index (χ3n) is 4.53. The van der Waals surface area contributed by atoms with Crippen molar-refractivity contribution in [1.29, 1.82) is 0 Å². The fourth-order valence-electron chi connectivity index (χ4n) is 3.00. The highest BCUT2D eigenvalue weighted by atomic mass is 35.5. The Labute approximate surface area is 154 Å². The lowest BCUT2D eigenvalue weighted by atomic mass is 10.1. The standard InChI is InChI=1S/C20H25ClN2S/c1-22-13-15-23(16-14-22)12-4-6-17-5-2-3-7-20(17)24-19-10-8-18(21)9-11-19/h2-3,5,7-11H,4,6,12-16H2,1H3. The largest absolute Gasteiger partial charge is 0.304 e. The van der Waals surface area contributed by atoms with Crippen LogP contribution in [0.3, 0.4) is 0 Å². The summed E-state index contributed by atoms with van der Waals surface area (Å²) in [4.78, 5) is 7.60. The Bertz CT molecular complexity index is 636. The zero-order valence-corrected chi connectivity index (χ0v) is 15.8. The molecule has 4 heteroatoms. The predicted molar refractivity (Wildman–Crippen MR) is 104 cm³/mol. The molecular weight excluding hydrogens is 336 g/mol. The summed E-state index contributed by atoms with van der Waals surface area (Å²) in [6.45, 7) is 6.01. The van der Waals surface area contributed by atoms with Crippen molar-refractivity contribution in [3.05, 3.63) is 59.1 Å². The van der Waals surface area contributed by atoms with Gasteiger partial charge in [0.25, 0.3) is 0 Å². The molecular formula is C20H25ClN2S. The first-order chi connectivity index (χ1) is 11.7. The lowest BCUT2D eigenvalue weighted by molar-refractivity contribution is 0.153. The van der Waals surface area contributed by atoms with Crippen molar-refractivity contribution in [3.8, 4) is 0 Å². The van der Waals surface area contributed by atoms with Gasteiger partial charge in [0.15, 0.2) is 0 Å². The van der Waals surface area contributed by atoms with E-state index in [1.54, 1.807) is 0 Å². The zero-order valence-electron chi connectivity index (χ0n) is 14.2. The van der Waals surface area contributed by atoms with Crippen LogP contribution in [0.15, 0.2) is 58.3 Å². The van der Waals surface area contributed by atoms with E-state index in [1.165, 1.54) is 54.5 Å². The maximum atomic E-state index is 5.98. The Hall–Kier alpha value is -1.00. The number of nitrogens with zero attached hydrogens (tertiary/aromatic N) is 2. The molecule has 0 saturated carbocycles. The Morgan fingerprint density at radius 1 is 0.958 bits per heavy atom. The maximum Gasteiger partial charge on any atom is 0.0406 e. The highest BCUT2D eigenvalue weighted by molar-refractivity contribution is 7.99. The molecule has 128 valence electrons. The normalized spacial score (nSPS) is 16.4. The second-order valence-electron chi connectivity index (χ2n) is 6.41.